The normalized spacial score (nSPS) is 11.8. The van der Waals surface area contributed by atoms with E-state index in [4.69, 9.17) is 5.73 Å². The van der Waals surface area contributed by atoms with Gasteiger partial charge in [0.05, 0.1) is 11.8 Å². The largest absolute Gasteiger partial charge is 0.363 e. The third-order valence-corrected chi connectivity index (χ3v) is 4.20. The molecule has 0 aliphatic rings. The Morgan fingerprint density at radius 1 is 1.11 bits per heavy atom. The summed E-state index contributed by atoms with van der Waals surface area (Å²) >= 11 is 0. The summed E-state index contributed by atoms with van der Waals surface area (Å²) in [7, 11) is 3.44. The van der Waals surface area contributed by atoms with Crippen LogP contribution >= 0.6 is 0 Å². The zero-order valence-corrected chi connectivity index (χ0v) is 15.5. The van der Waals surface area contributed by atoms with Gasteiger partial charge in [-0.2, -0.15) is 10.2 Å². The second-order valence-corrected chi connectivity index (χ2v) is 6.41. The fraction of sp³-hybridized carbons (Fsp3) is 0.211. The van der Waals surface area contributed by atoms with Crippen molar-refractivity contribution in [2.75, 3.05) is 0 Å². The summed E-state index contributed by atoms with van der Waals surface area (Å²) in [5.41, 5.74) is 7.32. The van der Waals surface area contributed by atoms with Crippen LogP contribution in [0.1, 0.15) is 15.9 Å². The van der Waals surface area contributed by atoms with Gasteiger partial charge in [-0.25, -0.2) is 0 Å². The van der Waals surface area contributed by atoms with Crippen LogP contribution in [0.3, 0.4) is 0 Å². The summed E-state index contributed by atoms with van der Waals surface area (Å²) in [5.74, 6) is -2.48. The fourth-order valence-electron chi connectivity index (χ4n) is 2.88. The molecule has 0 aliphatic heterocycles. The molecule has 1 unspecified atom stereocenters. The Morgan fingerprint density at radius 3 is 2.43 bits per heavy atom. The number of hydrogen-bond acceptors (Lipinski definition) is 5. The van der Waals surface area contributed by atoms with E-state index in [0.29, 0.717) is 11.3 Å². The number of hydrogen-bond donors (Lipinski definition) is 2. The third kappa shape index (κ3) is 4.14. The molecule has 0 saturated carbocycles. The second kappa shape index (κ2) is 7.87. The third-order valence-electron chi connectivity index (χ3n) is 4.20. The minimum absolute atomic E-state index is 0.150. The smallest absolute Gasteiger partial charge is 0.287 e. The highest BCUT2D eigenvalue weighted by atomic mass is 16.2. The number of nitrogens with one attached hydrogen (secondary N) is 1. The molecule has 3 N–H and O–H groups in total. The van der Waals surface area contributed by atoms with Crippen LogP contribution in [0.15, 0.2) is 48.9 Å². The predicted octanol–water partition coefficient (Wildman–Crippen LogP) is 0.216. The lowest BCUT2D eigenvalue weighted by Crippen LogP contribution is -2.47. The number of carbonyl (C=O) groups excluding carboxylic acids is 3. The first-order valence-corrected chi connectivity index (χ1v) is 8.56. The first kappa shape index (κ1) is 19.0. The lowest BCUT2D eigenvalue weighted by molar-refractivity contribution is -0.137. The minimum atomic E-state index is -1.10. The van der Waals surface area contributed by atoms with Gasteiger partial charge in [0, 0.05) is 38.5 Å². The van der Waals surface area contributed by atoms with Crippen molar-refractivity contribution in [2.45, 2.75) is 12.5 Å². The van der Waals surface area contributed by atoms with Gasteiger partial charge in [-0.05, 0) is 5.56 Å². The summed E-state index contributed by atoms with van der Waals surface area (Å²) in [6.45, 7) is 0. The lowest BCUT2D eigenvalue weighted by Gasteiger charge is -2.16. The van der Waals surface area contributed by atoms with Gasteiger partial charge in [0.25, 0.3) is 11.8 Å². The van der Waals surface area contributed by atoms with Crippen LogP contribution in [0.25, 0.3) is 11.3 Å². The Hall–Kier alpha value is -3.75. The van der Waals surface area contributed by atoms with Crippen LogP contribution in [0.5, 0.6) is 0 Å². The highest BCUT2D eigenvalue weighted by Gasteiger charge is 2.28. The molecule has 9 heteroatoms. The Balaban J connectivity index is 1.88. The lowest BCUT2D eigenvalue weighted by atomic mass is 10.0. The molecule has 1 atom stereocenters. The number of aromatic nitrogens is 4. The molecule has 2 heterocycles. The summed E-state index contributed by atoms with van der Waals surface area (Å²) in [4.78, 5) is 36.6. The van der Waals surface area contributed by atoms with Crippen molar-refractivity contribution in [1.29, 1.82) is 0 Å². The number of rotatable bonds is 7. The minimum Gasteiger partial charge on any atom is -0.363 e. The van der Waals surface area contributed by atoms with E-state index in [2.05, 4.69) is 15.5 Å². The number of benzene rings is 1. The van der Waals surface area contributed by atoms with Crippen molar-refractivity contribution in [3.63, 3.8) is 0 Å². The summed E-state index contributed by atoms with van der Waals surface area (Å²) in [5, 5.41) is 11.0. The quantitative estimate of drug-likeness (QED) is 0.567. The Morgan fingerprint density at radius 2 is 1.82 bits per heavy atom. The van der Waals surface area contributed by atoms with Crippen LogP contribution < -0.4 is 11.1 Å². The van der Waals surface area contributed by atoms with E-state index in [0.717, 1.165) is 5.56 Å². The predicted molar refractivity (Wildman–Crippen MR) is 101 cm³/mol. The standard InChI is InChI=1S/C19H20N6O3/c1-24-10-13(9-21-24)16-14(11-25(2)23-16)19(28)22-15(17(26)18(20)27)8-12-6-4-3-5-7-12/h3-7,9-11,15H,8H2,1-2H3,(H2,20,27)(H,22,28). The number of nitrogens with zero attached hydrogens (tertiary/aromatic N) is 4. The molecule has 0 radical (unpaired) electrons. The van der Waals surface area contributed by atoms with Crippen LogP contribution in [-0.2, 0) is 30.1 Å². The van der Waals surface area contributed by atoms with Gasteiger partial charge >= 0.3 is 0 Å². The molecule has 1 aromatic carbocycles. The van der Waals surface area contributed by atoms with Crippen molar-refractivity contribution in [3.8, 4) is 11.3 Å². The molecule has 3 rings (SSSR count). The number of primary amides is 1. The van der Waals surface area contributed by atoms with Crippen molar-refractivity contribution >= 4 is 17.6 Å². The molecule has 0 saturated heterocycles. The Bertz CT molecular complexity index is 1020. The maximum Gasteiger partial charge on any atom is 0.287 e. The van der Waals surface area contributed by atoms with E-state index in [1.807, 2.05) is 18.2 Å². The molecule has 0 aliphatic carbocycles. The summed E-state index contributed by atoms with van der Waals surface area (Å²) in [6.07, 6.45) is 5.02. The molecule has 28 heavy (non-hydrogen) atoms. The van der Waals surface area contributed by atoms with Crippen LogP contribution in [-0.4, -0.2) is 43.2 Å². The van der Waals surface area contributed by atoms with Crippen LogP contribution in [0.4, 0.5) is 0 Å². The van der Waals surface area contributed by atoms with E-state index >= 15 is 0 Å². The van der Waals surface area contributed by atoms with Gasteiger partial charge in [0.15, 0.2) is 0 Å². The number of Topliss-reactive ketones (excluding diaryl/α,β-unsaturated/α-hetero) is 1. The molecule has 144 valence electrons. The van der Waals surface area contributed by atoms with E-state index in [1.165, 1.54) is 4.68 Å². The molecule has 0 bridgehead atoms. The molecule has 2 aromatic heterocycles. The number of carbonyl (C=O) groups is 3. The topological polar surface area (TPSA) is 125 Å². The molecular formula is C19H20N6O3. The maximum atomic E-state index is 12.9. The first-order chi connectivity index (χ1) is 13.3. The molecule has 0 spiro atoms. The van der Waals surface area contributed by atoms with Gasteiger partial charge in [0.2, 0.25) is 5.78 Å². The highest BCUT2D eigenvalue weighted by molar-refractivity contribution is 6.38. The average molecular weight is 380 g/mol. The zero-order valence-electron chi connectivity index (χ0n) is 15.5. The zero-order chi connectivity index (χ0) is 20.3. The molecule has 2 amide bonds. The van der Waals surface area contributed by atoms with Crippen molar-refractivity contribution in [1.82, 2.24) is 24.9 Å². The second-order valence-electron chi connectivity index (χ2n) is 6.41. The monoisotopic (exact) mass is 380 g/mol. The van der Waals surface area contributed by atoms with E-state index in [-0.39, 0.29) is 12.0 Å². The van der Waals surface area contributed by atoms with Gasteiger partial charge in [-0.1, -0.05) is 30.3 Å². The van der Waals surface area contributed by atoms with E-state index in [1.54, 1.807) is 49.5 Å². The number of amides is 2. The van der Waals surface area contributed by atoms with E-state index < -0.39 is 23.6 Å². The van der Waals surface area contributed by atoms with Crippen LogP contribution in [0.2, 0.25) is 0 Å². The summed E-state index contributed by atoms with van der Waals surface area (Å²) < 4.78 is 3.10. The van der Waals surface area contributed by atoms with Crippen molar-refractivity contribution < 1.29 is 14.4 Å². The van der Waals surface area contributed by atoms with Gasteiger partial charge in [-0.15, -0.1) is 0 Å². The molecular weight excluding hydrogens is 360 g/mol. The Kier molecular flexibility index (Phi) is 5.35. The van der Waals surface area contributed by atoms with E-state index in [9.17, 15) is 14.4 Å². The van der Waals surface area contributed by atoms with Crippen LogP contribution in [0, 0.1) is 0 Å². The number of ketones is 1. The molecule has 3 aromatic rings. The average Bonchev–Trinajstić information content (AvgIpc) is 3.26. The Labute approximate surface area is 161 Å². The molecule has 9 nitrogen and oxygen atoms in total. The van der Waals surface area contributed by atoms with Crippen molar-refractivity contribution in [3.05, 3.63) is 60.0 Å². The molecule has 0 fully saturated rings. The first-order valence-electron chi connectivity index (χ1n) is 8.56. The van der Waals surface area contributed by atoms with Gasteiger partial charge in [-0.3, -0.25) is 23.7 Å². The van der Waals surface area contributed by atoms with Gasteiger partial charge in [0.1, 0.15) is 11.7 Å². The highest BCUT2D eigenvalue weighted by Crippen LogP contribution is 2.21. The number of aryl methyl sites for hydroxylation is 2. The maximum absolute atomic E-state index is 12.9. The fourth-order valence-corrected chi connectivity index (χ4v) is 2.88. The van der Waals surface area contributed by atoms with Crippen molar-refractivity contribution in [2.24, 2.45) is 19.8 Å². The number of nitrogens with two attached hydrogens (primary N) is 1. The van der Waals surface area contributed by atoms with Gasteiger partial charge < -0.3 is 11.1 Å². The SMILES string of the molecule is Cn1cc(-c2nn(C)cc2C(=O)NC(Cc2ccccc2)C(=O)C(N)=O)cn1. The summed E-state index contributed by atoms with van der Waals surface area (Å²) in [6, 6.07) is 7.99.